The van der Waals surface area contributed by atoms with E-state index < -0.39 is 9.84 Å². The molecular formula is C11H14Cl2N2O3S. The smallest absolute Gasteiger partial charge is 0.270 e. The number of carbonyl (C=O) groups excluding carboxylic acids is 1. The van der Waals surface area contributed by atoms with Gasteiger partial charge in [0.05, 0.1) is 16.5 Å². The van der Waals surface area contributed by atoms with Crippen LogP contribution in [0, 0.1) is 0 Å². The Morgan fingerprint density at radius 3 is 2.53 bits per heavy atom. The Balaban J connectivity index is 2.22. The highest BCUT2D eigenvalue weighted by molar-refractivity contribution is 7.91. The number of nitrogens with zero attached hydrogens (tertiary/aromatic N) is 2. The molecule has 0 bridgehead atoms. The summed E-state index contributed by atoms with van der Waals surface area (Å²) in [5, 5.41) is 0.595. The third-order valence-corrected chi connectivity index (χ3v) is 6.00. The summed E-state index contributed by atoms with van der Waals surface area (Å²) in [6, 6.07) is 1.21. The van der Waals surface area contributed by atoms with Crippen molar-refractivity contribution in [2.24, 2.45) is 7.05 Å². The lowest BCUT2D eigenvalue weighted by Gasteiger charge is -2.23. The lowest BCUT2D eigenvalue weighted by atomic mass is 10.2. The molecule has 0 N–H and O–H groups in total. The zero-order valence-electron chi connectivity index (χ0n) is 10.6. The summed E-state index contributed by atoms with van der Waals surface area (Å²) in [5.74, 6) is -0.135. The summed E-state index contributed by atoms with van der Waals surface area (Å²) in [6.07, 6.45) is 0.469. The molecule has 1 aromatic heterocycles. The number of carbonyl (C=O) groups is 1. The zero-order chi connectivity index (χ0) is 14.4. The standard InChI is InChI=1S/C11H14Cl2N2O3S/c1-14(7-3-4-19(17,18)6-7)11(16)9-5-8(12)10(13)15(9)2/h5,7H,3-4,6H2,1-2H3. The Kier molecular flexibility index (Phi) is 3.86. The van der Waals surface area contributed by atoms with Crippen molar-refractivity contribution in [2.75, 3.05) is 18.6 Å². The first kappa shape index (κ1) is 14.7. The van der Waals surface area contributed by atoms with Gasteiger partial charge in [-0.25, -0.2) is 8.42 Å². The number of aromatic nitrogens is 1. The van der Waals surface area contributed by atoms with Crippen LogP contribution >= 0.6 is 23.2 Å². The van der Waals surface area contributed by atoms with Crippen molar-refractivity contribution in [1.82, 2.24) is 9.47 Å². The predicted octanol–water partition coefficient (Wildman–Crippen LogP) is 1.59. The molecular weight excluding hydrogens is 311 g/mol. The number of hydrogen-bond acceptors (Lipinski definition) is 3. The molecule has 19 heavy (non-hydrogen) atoms. The quantitative estimate of drug-likeness (QED) is 0.830. The Morgan fingerprint density at radius 2 is 2.11 bits per heavy atom. The second-order valence-corrected chi connectivity index (χ2v) is 7.69. The Morgan fingerprint density at radius 1 is 1.47 bits per heavy atom. The first-order chi connectivity index (χ1) is 8.73. The molecule has 1 saturated heterocycles. The highest BCUT2D eigenvalue weighted by Gasteiger charge is 2.34. The maximum Gasteiger partial charge on any atom is 0.270 e. The fourth-order valence-corrected chi connectivity index (χ4v) is 4.33. The third-order valence-electron chi connectivity index (χ3n) is 3.41. The number of rotatable bonds is 2. The van der Waals surface area contributed by atoms with Crippen molar-refractivity contribution in [3.63, 3.8) is 0 Å². The van der Waals surface area contributed by atoms with Crippen LogP contribution in [0.2, 0.25) is 10.2 Å². The van der Waals surface area contributed by atoms with Crippen LogP contribution in [0.25, 0.3) is 0 Å². The molecule has 0 aromatic carbocycles. The van der Waals surface area contributed by atoms with Crippen molar-refractivity contribution >= 4 is 38.9 Å². The van der Waals surface area contributed by atoms with Gasteiger partial charge in [-0.05, 0) is 12.5 Å². The molecule has 2 heterocycles. The van der Waals surface area contributed by atoms with Crippen molar-refractivity contribution in [3.8, 4) is 0 Å². The molecule has 106 valence electrons. The van der Waals surface area contributed by atoms with Crippen molar-refractivity contribution in [3.05, 3.63) is 21.9 Å². The van der Waals surface area contributed by atoms with Crippen LogP contribution in [-0.2, 0) is 16.9 Å². The molecule has 2 rings (SSSR count). The minimum atomic E-state index is -3.02. The Labute approximate surface area is 122 Å². The third kappa shape index (κ3) is 2.75. The highest BCUT2D eigenvalue weighted by atomic mass is 35.5. The van der Waals surface area contributed by atoms with Gasteiger partial charge < -0.3 is 9.47 Å². The summed E-state index contributed by atoms with van der Waals surface area (Å²) < 4.78 is 24.4. The van der Waals surface area contributed by atoms with E-state index in [1.54, 1.807) is 14.1 Å². The SMILES string of the molecule is CN(C(=O)c1cc(Cl)c(Cl)n1C)C1CCS(=O)(=O)C1. The molecule has 1 atom stereocenters. The average molecular weight is 325 g/mol. The Hall–Kier alpha value is -0.720. The van der Waals surface area contributed by atoms with Crippen LogP contribution in [-0.4, -0.2) is 48.4 Å². The largest absolute Gasteiger partial charge is 0.336 e. The molecule has 0 aliphatic carbocycles. The van der Waals surface area contributed by atoms with E-state index >= 15 is 0 Å². The van der Waals surface area contributed by atoms with E-state index in [-0.39, 0.29) is 28.6 Å². The summed E-state index contributed by atoms with van der Waals surface area (Å²) in [4.78, 5) is 13.8. The van der Waals surface area contributed by atoms with Gasteiger partial charge in [0.2, 0.25) is 0 Å². The molecule has 0 radical (unpaired) electrons. The number of amides is 1. The van der Waals surface area contributed by atoms with Crippen LogP contribution in [0.5, 0.6) is 0 Å². The van der Waals surface area contributed by atoms with E-state index in [0.29, 0.717) is 17.1 Å². The fraction of sp³-hybridized carbons (Fsp3) is 0.545. The molecule has 5 nitrogen and oxygen atoms in total. The molecule has 0 spiro atoms. The van der Waals surface area contributed by atoms with E-state index in [9.17, 15) is 13.2 Å². The van der Waals surface area contributed by atoms with Gasteiger partial charge in [-0.15, -0.1) is 0 Å². The molecule has 0 saturated carbocycles. The average Bonchev–Trinajstić information content (AvgIpc) is 2.82. The van der Waals surface area contributed by atoms with Gasteiger partial charge in [0.25, 0.3) is 5.91 Å². The maximum atomic E-state index is 12.3. The van der Waals surface area contributed by atoms with E-state index in [1.165, 1.54) is 15.5 Å². The molecule has 1 aliphatic heterocycles. The monoisotopic (exact) mass is 324 g/mol. The van der Waals surface area contributed by atoms with E-state index in [1.807, 2.05) is 0 Å². The van der Waals surface area contributed by atoms with Gasteiger partial charge in [-0.3, -0.25) is 4.79 Å². The first-order valence-electron chi connectivity index (χ1n) is 5.71. The summed E-state index contributed by atoms with van der Waals surface area (Å²) >= 11 is 11.8. The summed E-state index contributed by atoms with van der Waals surface area (Å²) in [5.41, 5.74) is 0.349. The second-order valence-electron chi connectivity index (χ2n) is 4.70. The van der Waals surface area contributed by atoms with Crippen molar-refractivity contribution in [1.29, 1.82) is 0 Å². The molecule has 1 aromatic rings. The van der Waals surface area contributed by atoms with E-state index in [2.05, 4.69) is 0 Å². The fourth-order valence-electron chi connectivity index (χ4n) is 2.17. The van der Waals surface area contributed by atoms with E-state index in [0.717, 1.165) is 0 Å². The zero-order valence-corrected chi connectivity index (χ0v) is 12.9. The molecule has 1 amide bonds. The van der Waals surface area contributed by atoms with Gasteiger partial charge in [-0.2, -0.15) is 0 Å². The summed E-state index contributed by atoms with van der Waals surface area (Å²) in [6.45, 7) is 0. The van der Waals surface area contributed by atoms with E-state index in [4.69, 9.17) is 23.2 Å². The van der Waals surface area contributed by atoms with Crippen molar-refractivity contribution in [2.45, 2.75) is 12.5 Å². The lowest BCUT2D eigenvalue weighted by Crippen LogP contribution is -2.38. The predicted molar refractivity (Wildman–Crippen MR) is 74.6 cm³/mol. The van der Waals surface area contributed by atoms with Crippen LogP contribution < -0.4 is 0 Å². The van der Waals surface area contributed by atoms with Gasteiger partial charge in [0, 0.05) is 20.1 Å². The van der Waals surface area contributed by atoms with Crippen LogP contribution in [0.1, 0.15) is 16.9 Å². The second kappa shape index (κ2) is 5.00. The van der Waals surface area contributed by atoms with Gasteiger partial charge in [0.15, 0.2) is 9.84 Å². The Bertz CT molecular complexity index is 624. The van der Waals surface area contributed by atoms with Crippen LogP contribution in [0.15, 0.2) is 6.07 Å². The maximum absolute atomic E-state index is 12.3. The van der Waals surface area contributed by atoms with Gasteiger partial charge >= 0.3 is 0 Å². The number of sulfone groups is 1. The topological polar surface area (TPSA) is 59.4 Å². The normalized spacial score (nSPS) is 21.6. The first-order valence-corrected chi connectivity index (χ1v) is 8.29. The van der Waals surface area contributed by atoms with Crippen LogP contribution in [0.4, 0.5) is 0 Å². The summed E-state index contributed by atoms with van der Waals surface area (Å²) in [7, 11) is 0.217. The molecule has 8 heteroatoms. The van der Waals surface area contributed by atoms with Crippen molar-refractivity contribution < 1.29 is 13.2 Å². The molecule has 1 unspecified atom stereocenters. The minimum Gasteiger partial charge on any atom is -0.336 e. The van der Waals surface area contributed by atoms with Crippen LogP contribution in [0.3, 0.4) is 0 Å². The molecule has 1 fully saturated rings. The highest BCUT2D eigenvalue weighted by Crippen LogP contribution is 2.27. The number of hydrogen-bond donors (Lipinski definition) is 0. The lowest BCUT2D eigenvalue weighted by molar-refractivity contribution is 0.0738. The minimum absolute atomic E-state index is 0.0150. The molecule has 1 aliphatic rings. The van der Waals surface area contributed by atoms with Gasteiger partial charge in [0.1, 0.15) is 10.8 Å². The number of halogens is 2. The van der Waals surface area contributed by atoms with Gasteiger partial charge in [-0.1, -0.05) is 23.2 Å².